The van der Waals surface area contributed by atoms with Gasteiger partial charge in [0.15, 0.2) is 0 Å². The lowest BCUT2D eigenvalue weighted by Gasteiger charge is -2.37. The van der Waals surface area contributed by atoms with Gasteiger partial charge in [-0.05, 0) is 32.6 Å². The Morgan fingerprint density at radius 3 is 2.64 bits per heavy atom. The number of quaternary nitrogens is 1. The van der Waals surface area contributed by atoms with E-state index in [4.69, 9.17) is 4.74 Å². The van der Waals surface area contributed by atoms with E-state index >= 15 is 0 Å². The molecule has 1 aliphatic rings. The molecule has 1 aliphatic heterocycles. The van der Waals surface area contributed by atoms with Gasteiger partial charge in [0, 0.05) is 6.61 Å². The van der Waals surface area contributed by atoms with Gasteiger partial charge in [-0.1, -0.05) is 0 Å². The van der Waals surface area contributed by atoms with Gasteiger partial charge in [-0.15, -0.1) is 0 Å². The van der Waals surface area contributed by atoms with E-state index < -0.39 is 0 Å². The SMILES string of the molecule is C[NH+](C)C[C@@H](O)[C@H]1CCOC(C)(C)C1. The summed E-state index contributed by atoms with van der Waals surface area (Å²) in [5.74, 6) is 0.411. The Kier molecular flexibility index (Phi) is 3.93. The average molecular weight is 202 g/mol. The van der Waals surface area contributed by atoms with Gasteiger partial charge in [-0.3, -0.25) is 0 Å². The molecule has 3 nitrogen and oxygen atoms in total. The highest BCUT2D eigenvalue weighted by molar-refractivity contribution is 4.82. The Balaban J connectivity index is 2.43. The fourth-order valence-corrected chi connectivity index (χ4v) is 2.19. The topological polar surface area (TPSA) is 33.9 Å². The maximum Gasteiger partial charge on any atom is 0.106 e. The van der Waals surface area contributed by atoms with Gasteiger partial charge in [0.25, 0.3) is 0 Å². The second kappa shape index (κ2) is 4.60. The van der Waals surface area contributed by atoms with Crippen molar-refractivity contribution in [2.24, 2.45) is 5.92 Å². The number of aliphatic hydroxyl groups excluding tert-OH is 1. The lowest BCUT2D eigenvalue weighted by atomic mass is 9.84. The van der Waals surface area contributed by atoms with Gasteiger partial charge >= 0.3 is 0 Å². The molecule has 0 aliphatic carbocycles. The van der Waals surface area contributed by atoms with Crippen molar-refractivity contribution in [2.75, 3.05) is 27.2 Å². The monoisotopic (exact) mass is 202 g/mol. The van der Waals surface area contributed by atoms with Crippen molar-refractivity contribution in [3.8, 4) is 0 Å². The van der Waals surface area contributed by atoms with E-state index in [0.717, 1.165) is 26.0 Å². The summed E-state index contributed by atoms with van der Waals surface area (Å²) in [5.41, 5.74) is -0.0501. The number of hydrogen-bond donors (Lipinski definition) is 2. The molecule has 0 aromatic heterocycles. The van der Waals surface area contributed by atoms with Gasteiger partial charge < -0.3 is 14.7 Å². The van der Waals surface area contributed by atoms with Crippen molar-refractivity contribution >= 4 is 0 Å². The Hall–Kier alpha value is -0.120. The van der Waals surface area contributed by atoms with Crippen molar-refractivity contribution in [3.05, 3.63) is 0 Å². The molecule has 14 heavy (non-hydrogen) atoms. The van der Waals surface area contributed by atoms with E-state index in [-0.39, 0.29) is 11.7 Å². The molecular weight excluding hydrogens is 178 g/mol. The minimum atomic E-state index is -0.178. The molecule has 3 heteroatoms. The Labute approximate surface area is 87.1 Å². The molecule has 1 rings (SSSR count). The molecule has 0 saturated carbocycles. The first-order valence-corrected chi connectivity index (χ1v) is 5.52. The Morgan fingerprint density at radius 1 is 1.50 bits per heavy atom. The number of aliphatic hydroxyl groups is 1. The van der Waals surface area contributed by atoms with E-state index in [1.165, 1.54) is 4.90 Å². The standard InChI is InChI=1S/C11H23NO2/c1-11(2)7-9(5-6-14-11)10(13)8-12(3)4/h9-10,13H,5-8H2,1-4H3/p+1/t9-,10+/m0/s1. The van der Waals surface area contributed by atoms with Crippen LogP contribution >= 0.6 is 0 Å². The molecule has 0 unspecified atom stereocenters. The zero-order chi connectivity index (χ0) is 10.8. The van der Waals surface area contributed by atoms with Crippen LogP contribution in [0.5, 0.6) is 0 Å². The maximum absolute atomic E-state index is 10.0. The van der Waals surface area contributed by atoms with E-state index in [0.29, 0.717) is 5.92 Å². The Morgan fingerprint density at radius 2 is 2.14 bits per heavy atom. The fourth-order valence-electron chi connectivity index (χ4n) is 2.19. The van der Waals surface area contributed by atoms with Crippen LogP contribution in [0.3, 0.4) is 0 Å². The highest BCUT2D eigenvalue weighted by Crippen LogP contribution is 2.30. The quantitative estimate of drug-likeness (QED) is 0.659. The van der Waals surface area contributed by atoms with E-state index in [9.17, 15) is 5.11 Å². The van der Waals surface area contributed by atoms with Gasteiger partial charge in [0.05, 0.1) is 19.7 Å². The predicted molar refractivity (Wildman–Crippen MR) is 56.4 cm³/mol. The minimum Gasteiger partial charge on any atom is -0.387 e. The van der Waals surface area contributed by atoms with Crippen LogP contribution in [0.4, 0.5) is 0 Å². The molecule has 2 N–H and O–H groups in total. The molecule has 0 spiro atoms. The minimum absolute atomic E-state index is 0.0501. The highest BCUT2D eigenvalue weighted by Gasteiger charge is 2.33. The average Bonchev–Trinajstić information content (AvgIpc) is 2.01. The van der Waals surface area contributed by atoms with Crippen LogP contribution < -0.4 is 4.90 Å². The summed E-state index contributed by atoms with van der Waals surface area (Å²) >= 11 is 0. The first-order valence-electron chi connectivity index (χ1n) is 5.52. The highest BCUT2D eigenvalue weighted by atomic mass is 16.5. The molecule has 0 aromatic rings. The molecule has 1 saturated heterocycles. The molecule has 84 valence electrons. The third-order valence-electron chi connectivity index (χ3n) is 2.90. The van der Waals surface area contributed by atoms with E-state index in [2.05, 4.69) is 27.9 Å². The third-order valence-corrected chi connectivity index (χ3v) is 2.90. The first-order chi connectivity index (χ1) is 6.41. The normalized spacial score (nSPS) is 29.1. The summed E-state index contributed by atoms with van der Waals surface area (Å²) in [6.07, 6.45) is 1.79. The molecule has 0 radical (unpaired) electrons. The summed E-state index contributed by atoms with van der Waals surface area (Å²) in [5, 5.41) is 10.0. The van der Waals surface area contributed by atoms with E-state index in [1.807, 2.05) is 0 Å². The number of likely N-dealkylation sites (N-methyl/N-ethyl adjacent to an activating group) is 1. The van der Waals surface area contributed by atoms with Crippen molar-refractivity contribution in [3.63, 3.8) is 0 Å². The number of nitrogens with one attached hydrogen (secondary N) is 1. The summed E-state index contributed by atoms with van der Waals surface area (Å²) < 4.78 is 5.63. The fraction of sp³-hybridized carbons (Fsp3) is 1.00. The van der Waals surface area contributed by atoms with Gasteiger partial charge in [0.1, 0.15) is 12.6 Å². The van der Waals surface area contributed by atoms with Crippen LogP contribution in [0.25, 0.3) is 0 Å². The molecule has 2 atom stereocenters. The van der Waals surface area contributed by atoms with Gasteiger partial charge in [0.2, 0.25) is 0 Å². The first kappa shape index (κ1) is 12.0. The van der Waals surface area contributed by atoms with Crippen LogP contribution in [0.15, 0.2) is 0 Å². The molecular formula is C11H24NO2+. The molecule has 1 fully saturated rings. The third kappa shape index (κ3) is 3.56. The second-order valence-electron chi connectivity index (χ2n) is 5.34. The van der Waals surface area contributed by atoms with Crippen molar-refractivity contribution < 1.29 is 14.7 Å². The zero-order valence-electron chi connectivity index (χ0n) is 9.84. The van der Waals surface area contributed by atoms with Crippen LogP contribution in [-0.2, 0) is 4.74 Å². The largest absolute Gasteiger partial charge is 0.387 e. The van der Waals surface area contributed by atoms with E-state index in [1.54, 1.807) is 0 Å². The Bertz CT molecular complexity index is 180. The molecule has 1 heterocycles. The lowest BCUT2D eigenvalue weighted by Crippen LogP contribution is -3.07. The number of ether oxygens (including phenoxy) is 1. The summed E-state index contributed by atoms with van der Waals surface area (Å²) in [7, 11) is 4.15. The maximum atomic E-state index is 10.0. The summed E-state index contributed by atoms with van der Waals surface area (Å²) in [6.45, 7) is 5.83. The predicted octanol–water partition coefficient (Wildman–Crippen LogP) is -0.303. The van der Waals surface area contributed by atoms with Crippen LogP contribution in [0.1, 0.15) is 26.7 Å². The number of rotatable bonds is 3. The van der Waals surface area contributed by atoms with Gasteiger partial charge in [-0.2, -0.15) is 0 Å². The van der Waals surface area contributed by atoms with Crippen LogP contribution in [0, 0.1) is 5.92 Å². The smallest absolute Gasteiger partial charge is 0.106 e. The summed E-state index contributed by atoms with van der Waals surface area (Å²) in [6, 6.07) is 0. The van der Waals surface area contributed by atoms with Crippen LogP contribution in [-0.4, -0.2) is 44.1 Å². The molecule has 0 amide bonds. The summed E-state index contributed by atoms with van der Waals surface area (Å²) in [4.78, 5) is 1.31. The van der Waals surface area contributed by atoms with Crippen molar-refractivity contribution in [1.29, 1.82) is 0 Å². The van der Waals surface area contributed by atoms with Crippen molar-refractivity contribution in [2.45, 2.75) is 38.4 Å². The molecule has 0 aromatic carbocycles. The zero-order valence-corrected chi connectivity index (χ0v) is 9.84. The lowest BCUT2D eigenvalue weighted by molar-refractivity contribution is -0.862. The number of hydrogen-bond acceptors (Lipinski definition) is 2. The van der Waals surface area contributed by atoms with Gasteiger partial charge in [-0.25, -0.2) is 0 Å². The van der Waals surface area contributed by atoms with Crippen molar-refractivity contribution in [1.82, 2.24) is 0 Å². The second-order valence-corrected chi connectivity index (χ2v) is 5.34. The molecule has 0 bridgehead atoms. The van der Waals surface area contributed by atoms with Crippen LogP contribution in [0.2, 0.25) is 0 Å².